The number of para-hydroxylation sites is 1. The molecule has 4 rings (SSSR count). The third-order valence-corrected chi connectivity index (χ3v) is 6.01. The summed E-state index contributed by atoms with van der Waals surface area (Å²) in [6.07, 6.45) is 2.31. The average molecular weight is 420 g/mol. The standard InChI is InChI=1S/C25H29N3O3/c1-18-12-14-28(15-13-18)22(20-10-6-7-11-23(20)30-2)17-26-25(29)21-16-24(31-27-21)19-8-4-3-5-9-19/h3-11,16,18,22H,12-15,17H2,1-2H3,(H,26,29)/t22-/m1/s1. The number of nitrogens with zero attached hydrogens (tertiary/aromatic N) is 2. The minimum Gasteiger partial charge on any atom is -0.496 e. The summed E-state index contributed by atoms with van der Waals surface area (Å²) in [7, 11) is 1.69. The Morgan fingerprint density at radius 1 is 1.16 bits per heavy atom. The number of piperidine rings is 1. The monoisotopic (exact) mass is 419 g/mol. The van der Waals surface area contributed by atoms with E-state index in [9.17, 15) is 4.79 Å². The fourth-order valence-electron chi connectivity index (χ4n) is 4.12. The zero-order valence-electron chi connectivity index (χ0n) is 18.1. The zero-order chi connectivity index (χ0) is 21.6. The van der Waals surface area contributed by atoms with Crippen molar-refractivity contribution in [2.45, 2.75) is 25.8 Å². The Hall–Kier alpha value is -3.12. The molecular formula is C25H29N3O3. The molecule has 0 spiro atoms. The number of likely N-dealkylation sites (tertiary alicyclic amines) is 1. The van der Waals surface area contributed by atoms with Crippen LogP contribution in [0.25, 0.3) is 11.3 Å². The second-order valence-electron chi connectivity index (χ2n) is 8.13. The first kappa shape index (κ1) is 21.1. The maximum absolute atomic E-state index is 12.8. The molecule has 1 aliphatic rings. The molecule has 3 aromatic rings. The summed E-state index contributed by atoms with van der Waals surface area (Å²) in [6.45, 7) is 4.77. The molecule has 162 valence electrons. The summed E-state index contributed by atoms with van der Waals surface area (Å²) in [6, 6.07) is 19.4. The van der Waals surface area contributed by atoms with E-state index < -0.39 is 0 Å². The lowest BCUT2D eigenvalue weighted by molar-refractivity contribution is 0.0902. The molecule has 0 unspecified atom stereocenters. The Balaban J connectivity index is 1.49. The fraction of sp³-hybridized carbons (Fsp3) is 0.360. The van der Waals surface area contributed by atoms with Crippen LogP contribution >= 0.6 is 0 Å². The van der Waals surface area contributed by atoms with Gasteiger partial charge in [0.1, 0.15) is 5.75 Å². The minimum atomic E-state index is -0.240. The van der Waals surface area contributed by atoms with Crippen molar-refractivity contribution in [1.82, 2.24) is 15.4 Å². The Kier molecular flexibility index (Phi) is 6.67. The van der Waals surface area contributed by atoms with Crippen molar-refractivity contribution in [2.75, 3.05) is 26.7 Å². The highest BCUT2D eigenvalue weighted by molar-refractivity contribution is 5.93. The molecule has 0 bridgehead atoms. The van der Waals surface area contributed by atoms with Gasteiger partial charge in [-0.1, -0.05) is 60.6 Å². The van der Waals surface area contributed by atoms with Crippen LogP contribution in [0, 0.1) is 5.92 Å². The number of nitrogens with one attached hydrogen (secondary N) is 1. The van der Waals surface area contributed by atoms with E-state index in [1.807, 2.05) is 48.5 Å². The Labute approximate surface area is 183 Å². The van der Waals surface area contributed by atoms with Crippen molar-refractivity contribution in [1.29, 1.82) is 0 Å². The summed E-state index contributed by atoms with van der Waals surface area (Å²) in [5.41, 5.74) is 2.26. The molecule has 1 amide bonds. The second-order valence-corrected chi connectivity index (χ2v) is 8.13. The van der Waals surface area contributed by atoms with E-state index in [0.29, 0.717) is 12.3 Å². The van der Waals surface area contributed by atoms with Crippen LogP contribution in [0.15, 0.2) is 65.2 Å². The molecule has 1 aromatic heterocycles. The van der Waals surface area contributed by atoms with Gasteiger partial charge in [0, 0.05) is 23.7 Å². The number of carbonyl (C=O) groups excluding carboxylic acids is 1. The Morgan fingerprint density at radius 3 is 2.61 bits per heavy atom. The SMILES string of the molecule is COc1ccccc1[C@@H](CNC(=O)c1cc(-c2ccccc2)on1)N1CCC(C)CC1. The Morgan fingerprint density at radius 2 is 1.87 bits per heavy atom. The maximum atomic E-state index is 12.8. The molecule has 0 aliphatic carbocycles. The lowest BCUT2D eigenvalue weighted by Gasteiger charge is -2.37. The van der Waals surface area contributed by atoms with Crippen LogP contribution < -0.4 is 10.1 Å². The number of hydrogen-bond donors (Lipinski definition) is 1. The fourth-order valence-corrected chi connectivity index (χ4v) is 4.12. The number of carbonyl (C=O) groups is 1. The predicted molar refractivity (Wildman–Crippen MR) is 120 cm³/mol. The van der Waals surface area contributed by atoms with E-state index in [-0.39, 0.29) is 17.6 Å². The minimum absolute atomic E-state index is 0.0353. The first-order valence-electron chi connectivity index (χ1n) is 10.8. The van der Waals surface area contributed by atoms with Gasteiger partial charge in [0.25, 0.3) is 5.91 Å². The van der Waals surface area contributed by atoms with Crippen LogP contribution in [0.1, 0.15) is 41.9 Å². The van der Waals surface area contributed by atoms with Gasteiger partial charge in [-0.15, -0.1) is 0 Å². The molecule has 1 atom stereocenters. The average Bonchev–Trinajstić information content (AvgIpc) is 3.31. The Bertz CT molecular complexity index is 994. The van der Waals surface area contributed by atoms with Crippen molar-refractivity contribution < 1.29 is 14.1 Å². The van der Waals surface area contributed by atoms with Gasteiger partial charge in [-0.05, 0) is 37.9 Å². The predicted octanol–water partition coefficient (Wildman–Crippen LogP) is 4.55. The topological polar surface area (TPSA) is 67.6 Å². The molecule has 2 heterocycles. The maximum Gasteiger partial charge on any atom is 0.273 e. The number of methoxy groups -OCH3 is 1. The van der Waals surface area contributed by atoms with E-state index in [0.717, 1.165) is 48.7 Å². The van der Waals surface area contributed by atoms with Crippen molar-refractivity contribution in [3.63, 3.8) is 0 Å². The first-order chi connectivity index (χ1) is 15.2. The lowest BCUT2D eigenvalue weighted by Crippen LogP contribution is -2.42. The molecule has 1 fully saturated rings. The second kappa shape index (κ2) is 9.79. The van der Waals surface area contributed by atoms with Gasteiger partial charge < -0.3 is 14.6 Å². The van der Waals surface area contributed by atoms with E-state index in [4.69, 9.17) is 9.26 Å². The van der Waals surface area contributed by atoms with Crippen LogP contribution in [-0.4, -0.2) is 42.7 Å². The molecule has 6 heteroatoms. The molecular weight excluding hydrogens is 390 g/mol. The highest BCUT2D eigenvalue weighted by Gasteiger charge is 2.27. The molecule has 31 heavy (non-hydrogen) atoms. The van der Waals surface area contributed by atoms with E-state index >= 15 is 0 Å². The largest absolute Gasteiger partial charge is 0.496 e. The van der Waals surface area contributed by atoms with Crippen LogP contribution in [-0.2, 0) is 0 Å². The number of hydrogen-bond acceptors (Lipinski definition) is 5. The zero-order valence-corrected chi connectivity index (χ0v) is 18.1. The van der Waals surface area contributed by atoms with Gasteiger partial charge in [-0.2, -0.15) is 0 Å². The molecule has 1 aliphatic heterocycles. The quantitative estimate of drug-likeness (QED) is 0.608. The lowest BCUT2D eigenvalue weighted by atomic mass is 9.95. The number of ether oxygens (including phenoxy) is 1. The third-order valence-electron chi connectivity index (χ3n) is 6.01. The molecule has 0 radical (unpaired) electrons. The summed E-state index contributed by atoms with van der Waals surface area (Å²) >= 11 is 0. The van der Waals surface area contributed by atoms with Crippen molar-refractivity contribution in [3.05, 3.63) is 71.9 Å². The van der Waals surface area contributed by atoms with Crippen LogP contribution in [0.2, 0.25) is 0 Å². The van der Waals surface area contributed by atoms with Crippen LogP contribution in [0.4, 0.5) is 0 Å². The van der Waals surface area contributed by atoms with Gasteiger partial charge in [0.05, 0.1) is 13.2 Å². The first-order valence-corrected chi connectivity index (χ1v) is 10.8. The summed E-state index contributed by atoms with van der Waals surface area (Å²) in [5, 5.41) is 7.04. The third kappa shape index (κ3) is 4.97. The van der Waals surface area contributed by atoms with Crippen molar-refractivity contribution in [3.8, 4) is 17.1 Å². The van der Waals surface area contributed by atoms with Gasteiger partial charge in [-0.25, -0.2) is 0 Å². The summed E-state index contributed by atoms with van der Waals surface area (Å²) in [4.78, 5) is 15.3. The van der Waals surface area contributed by atoms with E-state index in [2.05, 4.69) is 28.4 Å². The van der Waals surface area contributed by atoms with Gasteiger partial charge in [0.15, 0.2) is 11.5 Å². The molecule has 2 aromatic carbocycles. The highest BCUT2D eigenvalue weighted by Crippen LogP contribution is 2.32. The number of amides is 1. The summed E-state index contributed by atoms with van der Waals surface area (Å²) < 4.78 is 11.0. The van der Waals surface area contributed by atoms with Gasteiger partial charge >= 0.3 is 0 Å². The number of rotatable bonds is 7. The van der Waals surface area contributed by atoms with Crippen LogP contribution in [0.3, 0.4) is 0 Å². The molecule has 0 saturated carbocycles. The number of aromatic nitrogens is 1. The van der Waals surface area contributed by atoms with Crippen molar-refractivity contribution in [2.24, 2.45) is 5.92 Å². The van der Waals surface area contributed by atoms with Crippen LogP contribution in [0.5, 0.6) is 5.75 Å². The normalized spacial score (nSPS) is 16.1. The van der Waals surface area contributed by atoms with Gasteiger partial charge in [-0.3, -0.25) is 9.69 Å². The highest BCUT2D eigenvalue weighted by atomic mass is 16.5. The smallest absolute Gasteiger partial charge is 0.273 e. The molecule has 1 N–H and O–H groups in total. The number of benzene rings is 2. The molecule has 6 nitrogen and oxygen atoms in total. The summed E-state index contributed by atoms with van der Waals surface area (Å²) in [5.74, 6) is 1.91. The van der Waals surface area contributed by atoms with Gasteiger partial charge in [0.2, 0.25) is 0 Å². The van der Waals surface area contributed by atoms with E-state index in [1.165, 1.54) is 0 Å². The van der Waals surface area contributed by atoms with E-state index in [1.54, 1.807) is 13.2 Å². The van der Waals surface area contributed by atoms with Crippen molar-refractivity contribution >= 4 is 5.91 Å². The molecule has 1 saturated heterocycles.